The van der Waals surface area contributed by atoms with Gasteiger partial charge in [-0.2, -0.15) is 0 Å². The average molecular weight is 377 g/mol. The van der Waals surface area contributed by atoms with E-state index in [0.29, 0.717) is 28.6 Å². The molecule has 4 nitrogen and oxygen atoms in total. The molecule has 130 valence electrons. The summed E-state index contributed by atoms with van der Waals surface area (Å²) in [5.74, 6) is -0.652. The molecule has 25 heavy (non-hydrogen) atoms. The predicted molar refractivity (Wildman–Crippen MR) is 101 cm³/mol. The Morgan fingerprint density at radius 3 is 2.16 bits per heavy atom. The Balaban J connectivity index is 1.78. The summed E-state index contributed by atoms with van der Waals surface area (Å²) in [5, 5.41) is 6.49. The molecule has 0 unspecified atom stereocenters. The number of hydrogen-bond acceptors (Lipinski definition) is 2. The van der Waals surface area contributed by atoms with Crippen molar-refractivity contribution in [2.75, 3.05) is 10.6 Å². The minimum Gasteiger partial charge on any atom is -0.325 e. The van der Waals surface area contributed by atoms with E-state index < -0.39 is 5.41 Å². The van der Waals surface area contributed by atoms with Gasteiger partial charge in [0, 0.05) is 10.7 Å². The molecule has 1 saturated carbocycles. The normalized spacial score (nSPS) is 14.7. The van der Waals surface area contributed by atoms with Gasteiger partial charge in [0.15, 0.2) is 0 Å². The van der Waals surface area contributed by atoms with Gasteiger partial charge in [-0.05, 0) is 56.0 Å². The first-order chi connectivity index (χ1) is 11.8. The van der Waals surface area contributed by atoms with Gasteiger partial charge in [-0.25, -0.2) is 0 Å². The second kappa shape index (κ2) is 6.70. The van der Waals surface area contributed by atoms with Crippen LogP contribution in [0.1, 0.15) is 24.0 Å². The second-order valence-corrected chi connectivity index (χ2v) is 7.22. The van der Waals surface area contributed by atoms with Crippen LogP contribution in [0.4, 0.5) is 11.4 Å². The van der Waals surface area contributed by atoms with Crippen molar-refractivity contribution < 1.29 is 9.59 Å². The molecule has 0 bridgehead atoms. The first-order valence-corrected chi connectivity index (χ1v) is 8.73. The molecule has 2 amide bonds. The Bertz CT molecular complexity index is 840. The van der Waals surface area contributed by atoms with Crippen LogP contribution in [0.2, 0.25) is 10.0 Å². The number of anilines is 2. The van der Waals surface area contributed by atoms with Crippen LogP contribution in [-0.4, -0.2) is 11.8 Å². The van der Waals surface area contributed by atoms with Gasteiger partial charge in [-0.1, -0.05) is 41.4 Å². The number of rotatable bonds is 4. The zero-order valence-electron chi connectivity index (χ0n) is 14.0. The van der Waals surface area contributed by atoms with Crippen LogP contribution in [0.25, 0.3) is 0 Å². The number of carbonyl (C=O) groups is 2. The van der Waals surface area contributed by atoms with E-state index in [1.165, 1.54) is 0 Å². The molecule has 0 aliphatic heterocycles. The molecule has 0 spiro atoms. The molecular formula is C19H18Cl2N2O2. The Morgan fingerprint density at radius 2 is 1.56 bits per heavy atom. The van der Waals surface area contributed by atoms with Gasteiger partial charge in [-0.15, -0.1) is 0 Å². The van der Waals surface area contributed by atoms with Gasteiger partial charge >= 0.3 is 0 Å². The fourth-order valence-corrected chi connectivity index (χ4v) is 3.10. The zero-order valence-corrected chi connectivity index (χ0v) is 15.5. The van der Waals surface area contributed by atoms with E-state index in [1.54, 1.807) is 18.2 Å². The maximum absolute atomic E-state index is 12.8. The predicted octanol–water partition coefficient (Wildman–Crippen LogP) is 4.97. The van der Waals surface area contributed by atoms with Crippen molar-refractivity contribution in [3.8, 4) is 0 Å². The number of carbonyl (C=O) groups excluding carboxylic acids is 2. The zero-order chi connectivity index (χ0) is 18.2. The third-order valence-corrected chi connectivity index (χ3v) is 5.08. The number of nitrogens with one attached hydrogen (secondary N) is 2. The van der Waals surface area contributed by atoms with E-state index >= 15 is 0 Å². The quantitative estimate of drug-likeness (QED) is 0.740. The number of hydrogen-bond donors (Lipinski definition) is 2. The summed E-state index contributed by atoms with van der Waals surface area (Å²) in [6.07, 6.45) is 1.02. The minimum atomic E-state index is -1.06. The van der Waals surface area contributed by atoms with Gasteiger partial charge in [-0.3, -0.25) is 9.59 Å². The highest BCUT2D eigenvalue weighted by Crippen LogP contribution is 2.48. The van der Waals surface area contributed by atoms with Crippen LogP contribution < -0.4 is 10.6 Å². The molecule has 2 N–H and O–H groups in total. The molecule has 1 aliphatic rings. The van der Waals surface area contributed by atoms with E-state index in [1.807, 2.05) is 32.0 Å². The molecule has 2 aromatic rings. The highest BCUT2D eigenvalue weighted by molar-refractivity contribution is 6.36. The minimum absolute atomic E-state index is 0.291. The van der Waals surface area contributed by atoms with E-state index in [0.717, 1.165) is 16.8 Å². The highest BCUT2D eigenvalue weighted by atomic mass is 35.5. The summed E-state index contributed by atoms with van der Waals surface area (Å²) < 4.78 is 0. The molecular weight excluding hydrogens is 359 g/mol. The number of para-hydroxylation sites is 1. The lowest BCUT2D eigenvalue weighted by Gasteiger charge is -2.18. The van der Waals surface area contributed by atoms with Crippen molar-refractivity contribution in [2.45, 2.75) is 26.7 Å². The SMILES string of the molecule is Cc1cccc(C)c1NC(=O)C1(C(=O)Nc2cc(Cl)ccc2Cl)CC1. The standard InChI is InChI=1S/C19H18Cl2N2O2/c1-11-4-3-5-12(2)16(11)23-18(25)19(8-9-19)17(24)22-15-10-13(20)6-7-14(15)21/h3-7,10H,8-9H2,1-2H3,(H,22,24)(H,23,25). The summed E-state index contributed by atoms with van der Waals surface area (Å²) in [7, 11) is 0. The van der Waals surface area contributed by atoms with Crippen molar-refractivity contribution in [3.63, 3.8) is 0 Å². The van der Waals surface area contributed by atoms with Crippen molar-refractivity contribution >= 4 is 46.4 Å². The van der Waals surface area contributed by atoms with Crippen LogP contribution in [0.15, 0.2) is 36.4 Å². The molecule has 1 aliphatic carbocycles. The summed E-state index contributed by atoms with van der Waals surface area (Å²) in [4.78, 5) is 25.4. The van der Waals surface area contributed by atoms with Crippen molar-refractivity contribution in [3.05, 3.63) is 57.6 Å². The lowest BCUT2D eigenvalue weighted by molar-refractivity contribution is -0.131. The topological polar surface area (TPSA) is 58.2 Å². The van der Waals surface area contributed by atoms with Gasteiger partial charge < -0.3 is 10.6 Å². The third kappa shape index (κ3) is 3.51. The molecule has 0 saturated heterocycles. The Labute approximate surface area is 156 Å². The Morgan fingerprint density at radius 1 is 0.960 bits per heavy atom. The molecule has 6 heteroatoms. The van der Waals surface area contributed by atoms with Crippen LogP contribution >= 0.6 is 23.2 Å². The van der Waals surface area contributed by atoms with Gasteiger partial charge in [0.1, 0.15) is 5.41 Å². The van der Waals surface area contributed by atoms with Gasteiger partial charge in [0.25, 0.3) is 0 Å². The van der Waals surface area contributed by atoms with Crippen molar-refractivity contribution in [1.29, 1.82) is 0 Å². The first-order valence-electron chi connectivity index (χ1n) is 7.98. The Hall–Kier alpha value is -2.04. The number of amides is 2. The van der Waals surface area contributed by atoms with Crippen molar-refractivity contribution in [2.24, 2.45) is 5.41 Å². The number of aryl methyl sites for hydroxylation is 2. The number of benzene rings is 2. The lowest BCUT2D eigenvalue weighted by atomic mass is 10.0. The lowest BCUT2D eigenvalue weighted by Crippen LogP contribution is -2.36. The van der Waals surface area contributed by atoms with Crippen LogP contribution in [0.5, 0.6) is 0 Å². The highest BCUT2D eigenvalue weighted by Gasteiger charge is 2.56. The summed E-state index contributed by atoms with van der Waals surface area (Å²) in [5.41, 5.74) is 2.03. The van der Waals surface area contributed by atoms with Crippen LogP contribution in [0.3, 0.4) is 0 Å². The summed E-state index contributed by atoms with van der Waals surface area (Å²) in [6.45, 7) is 3.85. The maximum Gasteiger partial charge on any atom is 0.240 e. The number of halogens is 2. The maximum atomic E-state index is 12.8. The van der Waals surface area contributed by atoms with E-state index in [2.05, 4.69) is 10.6 Å². The average Bonchev–Trinajstić information content (AvgIpc) is 3.36. The molecule has 0 atom stereocenters. The largest absolute Gasteiger partial charge is 0.325 e. The van der Waals surface area contributed by atoms with E-state index in [-0.39, 0.29) is 11.8 Å². The Kier molecular flexibility index (Phi) is 4.76. The molecule has 0 heterocycles. The van der Waals surface area contributed by atoms with Gasteiger partial charge in [0.05, 0.1) is 10.7 Å². The molecule has 1 fully saturated rings. The molecule has 0 aromatic heterocycles. The van der Waals surface area contributed by atoms with E-state index in [4.69, 9.17) is 23.2 Å². The monoisotopic (exact) mass is 376 g/mol. The molecule has 2 aromatic carbocycles. The third-order valence-electron chi connectivity index (χ3n) is 4.52. The van der Waals surface area contributed by atoms with Crippen LogP contribution in [-0.2, 0) is 9.59 Å². The smallest absolute Gasteiger partial charge is 0.240 e. The fraction of sp³-hybridized carbons (Fsp3) is 0.263. The summed E-state index contributed by atoms with van der Waals surface area (Å²) in [6, 6.07) is 10.6. The van der Waals surface area contributed by atoms with Crippen LogP contribution in [0, 0.1) is 19.3 Å². The molecule has 0 radical (unpaired) electrons. The van der Waals surface area contributed by atoms with Crippen molar-refractivity contribution in [1.82, 2.24) is 0 Å². The second-order valence-electron chi connectivity index (χ2n) is 6.38. The van der Waals surface area contributed by atoms with Gasteiger partial charge in [0.2, 0.25) is 11.8 Å². The van der Waals surface area contributed by atoms with E-state index in [9.17, 15) is 9.59 Å². The first kappa shape index (κ1) is 17.8. The summed E-state index contributed by atoms with van der Waals surface area (Å²) >= 11 is 12.0. The fourth-order valence-electron chi connectivity index (χ4n) is 2.76. The molecule has 3 rings (SSSR count).